The third kappa shape index (κ3) is 5.76. The Kier molecular flexibility index (Phi) is 7.17. The molecule has 0 fully saturated rings. The van der Waals surface area contributed by atoms with Gasteiger partial charge in [0.1, 0.15) is 25.4 Å². The lowest BCUT2D eigenvalue weighted by molar-refractivity contribution is 0.0466. The highest BCUT2D eigenvalue weighted by molar-refractivity contribution is 5.93. The van der Waals surface area contributed by atoms with Crippen LogP contribution in [0.25, 0.3) is 0 Å². The SMILES string of the molecule is O=C(OCc1ccccc1)c1cccc(OCc2ccccc2)c1OCc1ccccc1. The van der Waals surface area contributed by atoms with Gasteiger partial charge in [-0.3, -0.25) is 0 Å². The van der Waals surface area contributed by atoms with Crippen molar-refractivity contribution in [2.45, 2.75) is 19.8 Å². The first kappa shape index (κ1) is 21.2. The van der Waals surface area contributed by atoms with Crippen LogP contribution in [0.5, 0.6) is 11.5 Å². The molecule has 0 aromatic heterocycles. The Labute approximate surface area is 188 Å². The van der Waals surface area contributed by atoms with Gasteiger partial charge in [-0.1, -0.05) is 97.1 Å². The van der Waals surface area contributed by atoms with E-state index in [2.05, 4.69) is 0 Å². The van der Waals surface area contributed by atoms with Crippen molar-refractivity contribution in [2.24, 2.45) is 0 Å². The fourth-order valence-corrected chi connectivity index (χ4v) is 3.21. The molecule has 0 amide bonds. The Morgan fingerprint density at radius 3 is 1.59 bits per heavy atom. The lowest BCUT2D eigenvalue weighted by atomic mass is 10.1. The van der Waals surface area contributed by atoms with E-state index in [1.165, 1.54) is 0 Å². The predicted octanol–water partition coefficient (Wildman–Crippen LogP) is 6.20. The third-order valence-electron chi connectivity index (χ3n) is 4.87. The largest absolute Gasteiger partial charge is 0.485 e. The van der Waals surface area contributed by atoms with Crippen LogP contribution in [0.2, 0.25) is 0 Å². The number of carbonyl (C=O) groups excluding carboxylic acids is 1. The Morgan fingerprint density at radius 1 is 0.531 bits per heavy atom. The summed E-state index contributed by atoms with van der Waals surface area (Å²) < 4.78 is 17.7. The molecule has 0 unspecified atom stereocenters. The Hall–Kier alpha value is -4.05. The van der Waals surface area contributed by atoms with Crippen LogP contribution in [0.1, 0.15) is 27.0 Å². The molecule has 0 saturated heterocycles. The zero-order chi connectivity index (χ0) is 22.0. The minimum absolute atomic E-state index is 0.187. The topological polar surface area (TPSA) is 44.8 Å². The molecule has 32 heavy (non-hydrogen) atoms. The van der Waals surface area contributed by atoms with Crippen LogP contribution >= 0.6 is 0 Å². The van der Waals surface area contributed by atoms with Gasteiger partial charge in [0.15, 0.2) is 11.5 Å². The van der Waals surface area contributed by atoms with Gasteiger partial charge in [-0.15, -0.1) is 0 Å². The summed E-state index contributed by atoms with van der Waals surface area (Å²) in [6.07, 6.45) is 0. The van der Waals surface area contributed by atoms with E-state index in [0.717, 1.165) is 16.7 Å². The number of esters is 1. The van der Waals surface area contributed by atoms with Crippen molar-refractivity contribution in [3.05, 3.63) is 131 Å². The summed E-state index contributed by atoms with van der Waals surface area (Å²) in [6.45, 7) is 0.865. The van der Waals surface area contributed by atoms with E-state index in [0.29, 0.717) is 30.3 Å². The van der Waals surface area contributed by atoms with Gasteiger partial charge in [-0.2, -0.15) is 0 Å². The number of para-hydroxylation sites is 1. The lowest BCUT2D eigenvalue weighted by Crippen LogP contribution is -2.10. The van der Waals surface area contributed by atoms with Gasteiger partial charge in [-0.25, -0.2) is 4.79 Å². The summed E-state index contributed by atoms with van der Waals surface area (Å²) in [4.78, 5) is 12.9. The van der Waals surface area contributed by atoms with Crippen molar-refractivity contribution in [3.63, 3.8) is 0 Å². The van der Waals surface area contributed by atoms with E-state index < -0.39 is 5.97 Å². The number of benzene rings is 4. The molecule has 0 radical (unpaired) electrons. The average molecular weight is 424 g/mol. The van der Waals surface area contributed by atoms with Crippen molar-refractivity contribution in [1.29, 1.82) is 0 Å². The Balaban J connectivity index is 1.55. The van der Waals surface area contributed by atoms with E-state index in [4.69, 9.17) is 14.2 Å². The van der Waals surface area contributed by atoms with Crippen molar-refractivity contribution in [1.82, 2.24) is 0 Å². The van der Waals surface area contributed by atoms with Gasteiger partial charge >= 0.3 is 5.97 Å². The van der Waals surface area contributed by atoms with E-state index in [-0.39, 0.29) is 6.61 Å². The van der Waals surface area contributed by atoms with E-state index >= 15 is 0 Å². The highest BCUT2D eigenvalue weighted by Crippen LogP contribution is 2.33. The molecule has 4 rings (SSSR count). The quantitative estimate of drug-likeness (QED) is 0.300. The minimum Gasteiger partial charge on any atom is -0.485 e. The summed E-state index contributed by atoms with van der Waals surface area (Å²) >= 11 is 0. The standard InChI is InChI=1S/C28H24O4/c29-28(32-21-24-15-8-3-9-16-24)25-17-10-18-26(30-19-22-11-4-1-5-12-22)27(25)31-20-23-13-6-2-7-14-23/h1-18H,19-21H2. The first-order valence-corrected chi connectivity index (χ1v) is 10.5. The molecule has 0 saturated carbocycles. The lowest BCUT2D eigenvalue weighted by Gasteiger charge is -2.16. The molecule has 160 valence electrons. The molecule has 0 bridgehead atoms. The van der Waals surface area contributed by atoms with Gasteiger partial charge in [-0.05, 0) is 28.8 Å². The second-order valence-electron chi connectivity index (χ2n) is 7.24. The zero-order valence-electron chi connectivity index (χ0n) is 17.6. The zero-order valence-corrected chi connectivity index (χ0v) is 17.6. The van der Waals surface area contributed by atoms with Crippen molar-refractivity contribution >= 4 is 5.97 Å². The summed E-state index contributed by atoms with van der Waals surface area (Å²) in [7, 11) is 0. The first-order chi connectivity index (χ1) is 15.8. The summed E-state index contributed by atoms with van der Waals surface area (Å²) in [5, 5.41) is 0. The Bertz CT molecular complexity index is 1130. The molecule has 0 spiro atoms. The molecule has 0 aliphatic rings. The molecular formula is C28H24O4. The molecule has 4 nitrogen and oxygen atoms in total. The van der Waals surface area contributed by atoms with E-state index in [1.54, 1.807) is 18.2 Å². The molecular weight excluding hydrogens is 400 g/mol. The Morgan fingerprint density at radius 2 is 1.03 bits per heavy atom. The molecule has 4 aromatic carbocycles. The molecule has 0 aliphatic heterocycles. The van der Waals surface area contributed by atoms with Gasteiger partial charge < -0.3 is 14.2 Å². The maximum Gasteiger partial charge on any atom is 0.342 e. The maximum absolute atomic E-state index is 12.9. The van der Waals surface area contributed by atoms with Crippen LogP contribution in [0.3, 0.4) is 0 Å². The summed E-state index contributed by atoms with van der Waals surface area (Å²) in [5.41, 5.74) is 3.28. The number of hydrogen-bond acceptors (Lipinski definition) is 4. The fourth-order valence-electron chi connectivity index (χ4n) is 3.21. The van der Waals surface area contributed by atoms with Crippen molar-refractivity contribution in [2.75, 3.05) is 0 Å². The number of carbonyl (C=O) groups is 1. The average Bonchev–Trinajstić information content (AvgIpc) is 2.86. The summed E-state index contributed by atoms with van der Waals surface area (Å²) in [5.74, 6) is 0.423. The van der Waals surface area contributed by atoms with E-state index in [1.807, 2.05) is 91.0 Å². The smallest absolute Gasteiger partial charge is 0.342 e. The first-order valence-electron chi connectivity index (χ1n) is 10.5. The van der Waals surface area contributed by atoms with Crippen molar-refractivity contribution < 1.29 is 19.0 Å². The van der Waals surface area contributed by atoms with Crippen LogP contribution in [-0.2, 0) is 24.6 Å². The fraction of sp³-hybridized carbons (Fsp3) is 0.107. The minimum atomic E-state index is -0.456. The number of rotatable bonds is 9. The second kappa shape index (κ2) is 10.8. The van der Waals surface area contributed by atoms with Crippen LogP contribution < -0.4 is 9.47 Å². The normalized spacial score (nSPS) is 10.4. The highest BCUT2D eigenvalue weighted by Gasteiger charge is 2.19. The highest BCUT2D eigenvalue weighted by atomic mass is 16.5. The maximum atomic E-state index is 12.9. The molecule has 4 heteroatoms. The van der Waals surface area contributed by atoms with Gasteiger partial charge in [0.2, 0.25) is 0 Å². The van der Waals surface area contributed by atoms with Crippen LogP contribution in [0, 0.1) is 0 Å². The monoisotopic (exact) mass is 424 g/mol. The van der Waals surface area contributed by atoms with E-state index in [9.17, 15) is 4.79 Å². The second-order valence-corrected chi connectivity index (χ2v) is 7.24. The molecule has 0 atom stereocenters. The van der Waals surface area contributed by atoms with Gasteiger partial charge in [0, 0.05) is 0 Å². The summed E-state index contributed by atoms with van der Waals surface area (Å²) in [6, 6.07) is 34.5. The predicted molar refractivity (Wildman–Crippen MR) is 124 cm³/mol. The van der Waals surface area contributed by atoms with Crippen molar-refractivity contribution in [3.8, 4) is 11.5 Å². The molecule has 4 aromatic rings. The number of hydrogen-bond donors (Lipinski definition) is 0. The van der Waals surface area contributed by atoms with Gasteiger partial charge in [0.05, 0.1) is 0 Å². The van der Waals surface area contributed by atoms with Crippen LogP contribution in [0.15, 0.2) is 109 Å². The van der Waals surface area contributed by atoms with Crippen LogP contribution in [-0.4, -0.2) is 5.97 Å². The third-order valence-corrected chi connectivity index (χ3v) is 4.87. The molecule has 0 aliphatic carbocycles. The van der Waals surface area contributed by atoms with Gasteiger partial charge in [0.25, 0.3) is 0 Å². The van der Waals surface area contributed by atoms with Crippen LogP contribution in [0.4, 0.5) is 0 Å². The number of ether oxygens (including phenoxy) is 3. The molecule has 0 heterocycles. The molecule has 0 N–H and O–H groups in total.